The van der Waals surface area contributed by atoms with E-state index in [0.717, 1.165) is 0 Å². The highest BCUT2D eigenvalue weighted by molar-refractivity contribution is 6.29. The van der Waals surface area contributed by atoms with E-state index in [9.17, 15) is 9.18 Å². The van der Waals surface area contributed by atoms with Crippen molar-refractivity contribution in [2.45, 2.75) is 32.9 Å². The average molecular weight is 318 g/mol. The number of halogens is 2. The maximum Gasteiger partial charge on any atom is 0.407 e. The highest BCUT2D eigenvalue weighted by Crippen LogP contribution is 2.11. The Kier molecular flexibility index (Phi) is 6.36. The molecule has 0 atom stereocenters. The maximum absolute atomic E-state index is 13.5. The molecule has 1 N–H and O–H groups in total. The molecule has 0 aliphatic heterocycles. The van der Waals surface area contributed by atoms with Gasteiger partial charge in [-0.15, -0.1) is 0 Å². The minimum Gasteiger partial charge on any atom is -0.444 e. The SMILES string of the molecule is CN(CCNC(=O)OC(C)(C)C)Cc1nc(Cl)ccc1F. The Hall–Kier alpha value is -1.40. The van der Waals surface area contributed by atoms with E-state index >= 15 is 0 Å². The number of hydrogen-bond acceptors (Lipinski definition) is 4. The number of amides is 1. The Morgan fingerprint density at radius 3 is 2.76 bits per heavy atom. The molecule has 0 radical (unpaired) electrons. The van der Waals surface area contributed by atoms with Crippen LogP contribution in [0.15, 0.2) is 12.1 Å². The second-order valence-electron chi connectivity index (χ2n) is 5.73. The molecule has 21 heavy (non-hydrogen) atoms. The van der Waals surface area contributed by atoms with Gasteiger partial charge in [-0.3, -0.25) is 4.90 Å². The zero-order chi connectivity index (χ0) is 16.0. The van der Waals surface area contributed by atoms with Crippen molar-refractivity contribution in [3.63, 3.8) is 0 Å². The predicted octanol–water partition coefficient (Wildman–Crippen LogP) is 2.83. The van der Waals surface area contributed by atoms with Crippen LogP contribution in [0, 0.1) is 5.82 Å². The molecule has 7 heteroatoms. The lowest BCUT2D eigenvalue weighted by atomic mass is 10.2. The molecule has 0 bridgehead atoms. The first-order valence-corrected chi connectivity index (χ1v) is 7.01. The second-order valence-corrected chi connectivity index (χ2v) is 6.12. The molecule has 0 fully saturated rings. The van der Waals surface area contributed by atoms with Crippen LogP contribution < -0.4 is 5.32 Å². The van der Waals surface area contributed by atoms with Gasteiger partial charge in [0.05, 0.1) is 5.69 Å². The highest BCUT2D eigenvalue weighted by Gasteiger charge is 2.15. The molecule has 0 saturated carbocycles. The van der Waals surface area contributed by atoms with Crippen molar-refractivity contribution >= 4 is 17.7 Å². The number of carbonyl (C=O) groups is 1. The molecule has 1 heterocycles. The highest BCUT2D eigenvalue weighted by atomic mass is 35.5. The molecule has 0 spiro atoms. The summed E-state index contributed by atoms with van der Waals surface area (Å²) in [5.74, 6) is -0.397. The second kappa shape index (κ2) is 7.56. The maximum atomic E-state index is 13.5. The van der Waals surface area contributed by atoms with Crippen LogP contribution in [-0.2, 0) is 11.3 Å². The number of aromatic nitrogens is 1. The molecule has 5 nitrogen and oxygen atoms in total. The van der Waals surface area contributed by atoms with Crippen molar-refractivity contribution in [2.75, 3.05) is 20.1 Å². The minimum atomic E-state index is -0.524. The van der Waals surface area contributed by atoms with Gasteiger partial charge in [-0.2, -0.15) is 0 Å². The van der Waals surface area contributed by atoms with E-state index in [1.165, 1.54) is 12.1 Å². The molecule has 1 amide bonds. The third kappa shape index (κ3) is 7.24. The largest absolute Gasteiger partial charge is 0.444 e. The van der Waals surface area contributed by atoms with Gasteiger partial charge >= 0.3 is 6.09 Å². The van der Waals surface area contributed by atoms with E-state index in [1.54, 1.807) is 27.8 Å². The van der Waals surface area contributed by atoms with E-state index in [4.69, 9.17) is 16.3 Å². The molecule has 1 rings (SSSR count). The average Bonchev–Trinajstić information content (AvgIpc) is 2.31. The number of rotatable bonds is 5. The third-order valence-electron chi connectivity index (χ3n) is 2.47. The zero-order valence-corrected chi connectivity index (χ0v) is 13.5. The van der Waals surface area contributed by atoms with Crippen LogP contribution in [-0.4, -0.2) is 41.7 Å². The summed E-state index contributed by atoms with van der Waals surface area (Å²) >= 11 is 5.74. The van der Waals surface area contributed by atoms with Crippen LogP contribution in [0.5, 0.6) is 0 Å². The predicted molar refractivity (Wildman–Crippen MR) is 79.8 cm³/mol. The van der Waals surface area contributed by atoms with Crippen LogP contribution in [0.3, 0.4) is 0 Å². The van der Waals surface area contributed by atoms with E-state index in [-0.39, 0.29) is 10.8 Å². The molecule has 0 unspecified atom stereocenters. The summed E-state index contributed by atoms with van der Waals surface area (Å²) in [5.41, 5.74) is -0.244. The van der Waals surface area contributed by atoms with E-state index in [1.807, 2.05) is 4.90 Å². The van der Waals surface area contributed by atoms with Crippen LogP contribution in [0.2, 0.25) is 5.15 Å². The van der Waals surface area contributed by atoms with Gasteiger partial charge in [0, 0.05) is 19.6 Å². The first-order chi connectivity index (χ1) is 9.67. The summed E-state index contributed by atoms with van der Waals surface area (Å²) in [5, 5.41) is 2.90. The summed E-state index contributed by atoms with van der Waals surface area (Å²) in [7, 11) is 1.80. The topological polar surface area (TPSA) is 54.5 Å². The number of carbonyl (C=O) groups excluding carboxylic acids is 1. The first kappa shape index (κ1) is 17.7. The standard InChI is InChI=1S/C14H21ClFN3O2/c1-14(2,3)21-13(20)17-7-8-19(4)9-11-10(16)5-6-12(15)18-11/h5-6H,7-9H2,1-4H3,(H,17,20). The normalized spacial score (nSPS) is 11.6. The van der Waals surface area contributed by atoms with Crippen molar-refractivity contribution in [3.05, 3.63) is 28.8 Å². The Bertz CT molecular complexity index is 492. The Morgan fingerprint density at radius 2 is 2.14 bits per heavy atom. The van der Waals surface area contributed by atoms with E-state index in [0.29, 0.717) is 19.6 Å². The molecule has 1 aromatic rings. The number of pyridine rings is 1. The van der Waals surface area contributed by atoms with Crippen LogP contribution >= 0.6 is 11.6 Å². The van der Waals surface area contributed by atoms with Crippen molar-refractivity contribution in [2.24, 2.45) is 0 Å². The van der Waals surface area contributed by atoms with Gasteiger partial charge in [-0.1, -0.05) is 11.6 Å². The van der Waals surface area contributed by atoms with Crippen molar-refractivity contribution in [3.8, 4) is 0 Å². The molecule has 118 valence electrons. The lowest BCUT2D eigenvalue weighted by Crippen LogP contribution is -2.37. The van der Waals surface area contributed by atoms with Crippen molar-refractivity contribution < 1.29 is 13.9 Å². The minimum absolute atomic E-state index is 0.256. The van der Waals surface area contributed by atoms with Crippen LogP contribution in [0.25, 0.3) is 0 Å². The summed E-state index contributed by atoms with van der Waals surface area (Å²) in [4.78, 5) is 17.2. The summed E-state index contributed by atoms with van der Waals surface area (Å²) in [6.45, 7) is 6.63. The van der Waals surface area contributed by atoms with Gasteiger partial charge in [0.25, 0.3) is 0 Å². The third-order valence-corrected chi connectivity index (χ3v) is 2.68. The lowest BCUT2D eigenvalue weighted by molar-refractivity contribution is 0.0523. The van der Waals surface area contributed by atoms with Crippen molar-refractivity contribution in [1.29, 1.82) is 0 Å². The Balaban J connectivity index is 2.36. The van der Waals surface area contributed by atoms with E-state index in [2.05, 4.69) is 10.3 Å². The number of ether oxygens (including phenoxy) is 1. The number of likely N-dealkylation sites (N-methyl/N-ethyl adjacent to an activating group) is 1. The Labute approximate surface area is 129 Å². The number of alkyl carbamates (subject to hydrolysis) is 1. The summed E-state index contributed by atoms with van der Waals surface area (Å²) in [6, 6.07) is 2.70. The molecule has 0 aromatic carbocycles. The fourth-order valence-corrected chi connectivity index (χ4v) is 1.73. The van der Waals surface area contributed by atoms with E-state index < -0.39 is 17.5 Å². The fraction of sp³-hybridized carbons (Fsp3) is 0.571. The fourth-order valence-electron chi connectivity index (χ4n) is 1.57. The summed E-state index contributed by atoms with van der Waals surface area (Å²) in [6.07, 6.45) is -0.469. The first-order valence-electron chi connectivity index (χ1n) is 6.64. The van der Waals surface area contributed by atoms with Crippen molar-refractivity contribution in [1.82, 2.24) is 15.2 Å². The Morgan fingerprint density at radius 1 is 1.48 bits per heavy atom. The van der Waals surface area contributed by atoms with Gasteiger partial charge in [0.1, 0.15) is 16.6 Å². The quantitative estimate of drug-likeness (QED) is 0.848. The zero-order valence-electron chi connectivity index (χ0n) is 12.7. The van der Waals surface area contributed by atoms with Gasteiger partial charge < -0.3 is 10.1 Å². The number of hydrogen-bond donors (Lipinski definition) is 1. The molecular formula is C14H21ClFN3O2. The monoisotopic (exact) mass is 317 g/mol. The smallest absolute Gasteiger partial charge is 0.407 e. The van der Waals surface area contributed by atoms with Gasteiger partial charge in [0.15, 0.2) is 0 Å². The number of nitrogens with zero attached hydrogens (tertiary/aromatic N) is 2. The molecule has 0 saturated heterocycles. The lowest BCUT2D eigenvalue weighted by Gasteiger charge is -2.21. The van der Waals surface area contributed by atoms with Crippen LogP contribution in [0.1, 0.15) is 26.5 Å². The summed E-state index contributed by atoms with van der Waals surface area (Å²) < 4.78 is 18.6. The molecule has 1 aromatic heterocycles. The van der Waals surface area contributed by atoms with Gasteiger partial charge in [-0.25, -0.2) is 14.2 Å². The van der Waals surface area contributed by atoms with Gasteiger partial charge in [0.2, 0.25) is 0 Å². The van der Waals surface area contributed by atoms with Crippen LogP contribution in [0.4, 0.5) is 9.18 Å². The molecular weight excluding hydrogens is 297 g/mol. The number of nitrogens with one attached hydrogen (secondary N) is 1. The molecule has 0 aliphatic carbocycles. The van der Waals surface area contributed by atoms with Gasteiger partial charge in [-0.05, 0) is 40.0 Å². The molecule has 0 aliphatic rings.